The molecule has 2 N–H and O–H groups in total. The zero-order valence-electron chi connectivity index (χ0n) is 11.1. The summed E-state index contributed by atoms with van der Waals surface area (Å²) >= 11 is 0. The lowest BCUT2D eigenvalue weighted by Crippen LogP contribution is -2.41. The van der Waals surface area contributed by atoms with Crippen molar-refractivity contribution in [3.05, 3.63) is 0 Å². The van der Waals surface area contributed by atoms with Crippen LogP contribution in [-0.4, -0.2) is 50.0 Å². The van der Waals surface area contributed by atoms with E-state index in [-0.39, 0.29) is 11.0 Å². The topological polar surface area (TPSA) is 63.4 Å². The largest absolute Gasteiger partial charge is 0.329 e. The van der Waals surface area contributed by atoms with E-state index in [9.17, 15) is 8.42 Å². The second-order valence-electron chi connectivity index (χ2n) is 5.18. The molecular formula is C12H26N2O2S. The van der Waals surface area contributed by atoms with Crippen molar-refractivity contribution < 1.29 is 8.42 Å². The van der Waals surface area contributed by atoms with Gasteiger partial charge in [-0.05, 0) is 26.7 Å². The van der Waals surface area contributed by atoms with Gasteiger partial charge in [0.2, 0.25) is 0 Å². The van der Waals surface area contributed by atoms with Crippen LogP contribution in [0.4, 0.5) is 0 Å². The minimum Gasteiger partial charge on any atom is -0.329 e. The summed E-state index contributed by atoms with van der Waals surface area (Å²) in [5.74, 6) is 0.265. The summed E-state index contributed by atoms with van der Waals surface area (Å²) in [4.78, 5) is 2.27. The van der Waals surface area contributed by atoms with E-state index in [4.69, 9.17) is 5.73 Å². The molecule has 1 fully saturated rings. The average Bonchev–Trinajstić information content (AvgIpc) is 2.77. The van der Waals surface area contributed by atoms with Gasteiger partial charge in [-0.25, -0.2) is 8.42 Å². The van der Waals surface area contributed by atoms with Crippen LogP contribution in [-0.2, 0) is 9.84 Å². The molecule has 0 heterocycles. The zero-order valence-corrected chi connectivity index (χ0v) is 11.9. The van der Waals surface area contributed by atoms with Crippen LogP contribution in [0.5, 0.6) is 0 Å². The van der Waals surface area contributed by atoms with Gasteiger partial charge >= 0.3 is 0 Å². The summed E-state index contributed by atoms with van der Waals surface area (Å²) in [7, 11) is -2.92. The van der Waals surface area contributed by atoms with Crippen molar-refractivity contribution in [2.24, 2.45) is 5.73 Å². The molecule has 17 heavy (non-hydrogen) atoms. The van der Waals surface area contributed by atoms with Crippen molar-refractivity contribution in [1.82, 2.24) is 4.90 Å². The highest BCUT2D eigenvalue weighted by molar-refractivity contribution is 7.92. The molecule has 1 aliphatic carbocycles. The summed E-state index contributed by atoms with van der Waals surface area (Å²) in [5.41, 5.74) is 5.61. The minimum absolute atomic E-state index is 0.265. The fraction of sp³-hybridized carbons (Fsp3) is 1.00. The van der Waals surface area contributed by atoms with Crippen molar-refractivity contribution in [3.63, 3.8) is 0 Å². The molecule has 1 rings (SSSR count). The van der Waals surface area contributed by atoms with Gasteiger partial charge in [0, 0.05) is 25.7 Å². The van der Waals surface area contributed by atoms with Crippen molar-refractivity contribution in [2.45, 2.75) is 50.8 Å². The smallest absolute Gasteiger partial charge is 0.153 e. The summed E-state index contributed by atoms with van der Waals surface area (Å²) in [6, 6.07) is 0.556. The Balaban J connectivity index is 2.49. The lowest BCUT2D eigenvalue weighted by Gasteiger charge is -2.28. The Labute approximate surface area is 105 Å². The highest BCUT2D eigenvalue weighted by Crippen LogP contribution is 2.23. The predicted octanol–water partition coefficient (Wildman–Crippen LogP) is 1.01. The van der Waals surface area contributed by atoms with Crippen molar-refractivity contribution in [2.75, 3.05) is 25.4 Å². The molecule has 0 saturated heterocycles. The Kier molecular flexibility index (Phi) is 5.89. The van der Waals surface area contributed by atoms with Crippen LogP contribution >= 0.6 is 0 Å². The third kappa shape index (κ3) is 4.56. The molecule has 0 atom stereocenters. The van der Waals surface area contributed by atoms with E-state index in [0.717, 1.165) is 6.54 Å². The van der Waals surface area contributed by atoms with E-state index in [1.54, 1.807) is 13.8 Å². The SMILES string of the molecule is CC(C)S(=O)(=O)CCN(CCN)C1CCCC1. The molecule has 0 radical (unpaired) electrons. The molecule has 0 aromatic carbocycles. The number of nitrogens with zero attached hydrogens (tertiary/aromatic N) is 1. The summed E-state index contributed by atoms with van der Waals surface area (Å²) < 4.78 is 23.6. The van der Waals surface area contributed by atoms with Gasteiger partial charge in [0.1, 0.15) is 0 Å². The van der Waals surface area contributed by atoms with Gasteiger partial charge in [-0.2, -0.15) is 0 Å². The van der Waals surface area contributed by atoms with Gasteiger partial charge in [0.25, 0.3) is 0 Å². The third-order valence-electron chi connectivity index (χ3n) is 3.64. The maximum atomic E-state index is 11.8. The zero-order chi connectivity index (χ0) is 12.9. The first-order valence-corrected chi connectivity index (χ1v) is 8.34. The van der Waals surface area contributed by atoms with Crippen LogP contribution in [0.3, 0.4) is 0 Å². The monoisotopic (exact) mass is 262 g/mol. The highest BCUT2D eigenvalue weighted by Gasteiger charge is 2.24. The lowest BCUT2D eigenvalue weighted by atomic mass is 10.2. The van der Waals surface area contributed by atoms with E-state index in [1.807, 2.05) is 0 Å². The van der Waals surface area contributed by atoms with Crippen LogP contribution in [0.25, 0.3) is 0 Å². The van der Waals surface area contributed by atoms with E-state index < -0.39 is 9.84 Å². The molecule has 0 aromatic rings. The summed E-state index contributed by atoms with van der Waals surface area (Å²) in [5, 5.41) is -0.272. The predicted molar refractivity (Wildman–Crippen MR) is 71.8 cm³/mol. The van der Waals surface area contributed by atoms with E-state index in [1.165, 1.54) is 25.7 Å². The number of hydrogen-bond acceptors (Lipinski definition) is 4. The molecule has 0 bridgehead atoms. The maximum absolute atomic E-state index is 11.8. The summed E-state index contributed by atoms with van der Waals surface area (Å²) in [6.07, 6.45) is 4.93. The number of hydrogen-bond donors (Lipinski definition) is 1. The van der Waals surface area contributed by atoms with Crippen molar-refractivity contribution in [3.8, 4) is 0 Å². The third-order valence-corrected chi connectivity index (χ3v) is 5.83. The quantitative estimate of drug-likeness (QED) is 0.744. The van der Waals surface area contributed by atoms with E-state index in [2.05, 4.69) is 4.90 Å². The normalized spacial score (nSPS) is 18.4. The standard InChI is InChI=1S/C12H26N2O2S/c1-11(2)17(15,16)10-9-14(8-7-13)12-5-3-4-6-12/h11-12H,3-10,13H2,1-2H3. The van der Waals surface area contributed by atoms with Crippen LogP contribution in [0.2, 0.25) is 0 Å². The van der Waals surface area contributed by atoms with E-state index in [0.29, 0.717) is 19.1 Å². The molecule has 0 aromatic heterocycles. The van der Waals surface area contributed by atoms with Crippen molar-refractivity contribution in [1.29, 1.82) is 0 Å². The molecule has 1 saturated carbocycles. The van der Waals surface area contributed by atoms with Gasteiger partial charge in [-0.1, -0.05) is 12.8 Å². The van der Waals surface area contributed by atoms with Crippen LogP contribution in [0, 0.1) is 0 Å². The molecule has 0 amide bonds. The van der Waals surface area contributed by atoms with Crippen LogP contribution in [0.15, 0.2) is 0 Å². The first kappa shape index (κ1) is 14.9. The fourth-order valence-corrected chi connectivity index (χ4v) is 3.35. The second-order valence-corrected chi connectivity index (χ2v) is 7.86. The van der Waals surface area contributed by atoms with Gasteiger partial charge in [0.15, 0.2) is 9.84 Å². The lowest BCUT2D eigenvalue weighted by molar-refractivity contribution is 0.216. The Morgan fingerprint density at radius 1 is 1.24 bits per heavy atom. The van der Waals surface area contributed by atoms with E-state index >= 15 is 0 Å². The molecule has 0 aliphatic heterocycles. The van der Waals surface area contributed by atoms with Gasteiger partial charge in [-0.15, -0.1) is 0 Å². The Morgan fingerprint density at radius 2 is 1.82 bits per heavy atom. The first-order valence-electron chi connectivity index (χ1n) is 6.63. The second kappa shape index (κ2) is 6.71. The van der Waals surface area contributed by atoms with Crippen LogP contribution < -0.4 is 5.73 Å². The minimum atomic E-state index is -2.92. The maximum Gasteiger partial charge on any atom is 0.153 e. The fourth-order valence-electron chi connectivity index (χ4n) is 2.39. The molecule has 1 aliphatic rings. The molecule has 0 unspecified atom stereocenters. The van der Waals surface area contributed by atoms with Gasteiger partial charge < -0.3 is 5.73 Å². The summed E-state index contributed by atoms with van der Waals surface area (Å²) in [6.45, 7) is 5.56. The first-order chi connectivity index (χ1) is 7.97. The van der Waals surface area contributed by atoms with Gasteiger partial charge in [-0.3, -0.25) is 4.90 Å². The van der Waals surface area contributed by atoms with Crippen molar-refractivity contribution >= 4 is 9.84 Å². The highest BCUT2D eigenvalue weighted by atomic mass is 32.2. The van der Waals surface area contributed by atoms with Crippen LogP contribution in [0.1, 0.15) is 39.5 Å². The molecule has 102 valence electrons. The van der Waals surface area contributed by atoms with Gasteiger partial charge in [0.05, 0.1) is 11.0 Å². The number of rotatable bonds is 7. The molecular weight excluding hydrogens is 236 g/mol. The average molecular weight is 262 g/mol. The molecule has 0 spiro atoms. The Hall–Kier alpha value is -0.130. The Bertz CT molecular complexity index is 308. The molecule has 5 heteroatoms. The Morgan fingerprint density at radius 3 is 2.29 bits per heavy atom. The number of nitrogens with two attached hydrogens (primary N) is 1. The molecule has 4 nitrogen and oxygen atoms in total. The number of sulfone groups is 1.